The van der Waals surface area contributed by atoms with Crippen LogP contribution in [0.25, 0.3) is 0 Å². The number of amides is 1. The number of fused-ring (bicyclic) bond motifs is 1. The van der Waals surface area contributed by atoms with E-state index in [1.165, 1.54) is 11.1 Å². The van der Waals surface area contributed by atoms with Gasteiger partial charge in [0.05, 0.1) is 5.69 Å². The van der Waals surface area contributed by atoms with Crippen LogP contribution in [-0.2, 0) is 17.8 Å². The lowest BCUT2D eigenvalue weighted by molar-refractivity contribution is -0.131. The molecule has 0 radical (unpaired) electrons. The van der Waals surface area contributed by atoms with Gasteiger partial charge in [-0.1, -0.05) is 54.6 Å². The van der Waals surface area contributed by atoms with E-state index in [0.29, 0.717) is 19.5 Å². The first-order valence-electron chi connectivity index (χ1n) is 9.70. The lowest BCUT2D eigenvalue weighted by Crippen LogP contribution is -2.36. The second kappa shape index (κ2) is 8.61. The quantitative estimate of drug-likeness (QED) is 0.671. The van der Waals surface area contributed by atoms with E-state index in [4.69, 9.17) is 4.74 Å². The van der Waals surface area contributed by atoms with Crippen molar-refractivity contribution in [1.29, 1.82) is 0 Å². The van der Waals surface area contributed by atoms with E-state index in [0.717, 1.165) is 30.2 Å². The zero-order valence-electron chi connectivity index (χ0n) is 15.8. The first kappa shape index (κ1) is 18.1. The van der Waals surface area contributed by atoms with Gasteiger partial charge in [0.2, 0.25) is 5.91 Å². The number of hydrogen-bond acceptors (Lipinski definition) is 3. The number of carbonyl (C=O) groups excluding carboxylic acids is 1. The van der Waals surface area contributed by atoms with Crippen molar-refractivity contribution in [2.24, 2.45) is 0 Å². The van der Waals surface area contributed by atoms with Crippen molar-refractivity contribution in [1.82, 2.24) is 4.90 Å². The summed E-state index contributed by atoms with van der Waals surface area (Å²) in [5, 5.41) is 3.35. The Morgan fingerprint density at radius 1 is 0.893 bits per heavy atom. The number of nitrogens with zero attached hydrogens (tertiary/aromatic N) is 1. The predicted molar refractivity (Wildman–Crippen MR) is 112 cm³/mol. The molecule has 142 valence electrons. The van der Waals surface area contributed by atoms with Gasteiger partial charge in [0.1, 0.15) is 5.75 Å². The first-order chi connectivity index (χ1) is 13.8. The first-order valence-corrected chi connectivity index (χ1v) is 9.70. The second-order valence-corrected chi connectivity index (χ2v) is 6.92. The molecular weight excluding hydrogens is 348 g/mol. The van der Waals surface area contributed by atoms with Crippen LogP contribution >= 0.6 is 0 Å². The van der Waals surface area contributed by atoms with Crippen LogP contribution in [-0.4, -0.2) is 23.9 Å². The Morgan fingerprint density at radius 2 is 1.61 bits per heavy atom. The number of nitrogens with one attached hydrogen (secondary N) is 1. The fourth-order valence-corrected chi connectivity index (χ4v) is 3.49. The molecule has 0 saturated carbocycles. The van der Waals surface area contributed by atoms with E-state index in [2.05, 4.69) is 23.5 Å². The van der Waals surface area contributed by atoms with Crippen molar-refractivity contribution in [3.8, 4) is 11.5 Å². The zero-order chi connectivity index (χ0) is 19.2. The van der Waals surface area contributed by atoms with Gasteiger partial charge in [-0.25, -0.2) is 0 Å². The fourth-order valence-electron chi connectivity index (χ4n) is 3.49. The molecule has 4 heteroatoms. The highest BCUT2D eigenvalue weighted by atomic mass is 16.5. The molecule has 28 heavy (non-hydrogen) atoms. The Bertz CT molecular complexity index is 940. The van der Waals surface area contributed by atoms with Gasteiger partial charge < -0.3 is 15.0 Å². The molecule has 1 heterocycles. The van der Waals surface area contributed by atoms with Crippen molar-refractivity contribution >= 4 is 11.6 Å². The van der Waals surface area contributed by atoms with Crippen LogP contribution in [0.15, 0.2) is 78.9 Å². The minimum atomic E-state index is 0.184. The minimum absolute atomic E-state index is 0.184. The van der Waals surface area contributed by atoms with Crippen molar-refractivity contribution < 1.29 is 9.53 Å². The summed E-state index contributed by atoms with van der Waals surface area (Å²) in [6, 6.07) is 25.9. The van der Waals surface area contributed by atoms with Gasteiger partial charge in [-0.15, -0.1) is 0 Å². The van der Waals surface area contributed by atoms with Crippen LogP contribution in [0.1, 0.15) is 17.5 Å². The third kappa shape index (κ3) is 4.34. The minimum Gasteiger partial charge on any atom is -0.455 e. The average molecular weight is 372 g/mol. The highest BCUT2D eigenvalue weighted by molar-refractivity contribution is 5.77. The molecule has 0 spiro atoms. The third-order valence-corrected chi connectivity index (χ3v) is 5.00. The van der Waals surface area contributed by atoms with Gasteiger partial charge in [0, 0.05) is 26.1 Å². The lowest BCUT2D eigenvalue weighted by atomic mass is 10.00. The molecule has 3 aromatic rings. The number of carbonyl (C=O) groups is 1. The maximum atomic E-state index is 12.6. The van der Waals surface area contributed by atoms with E-state index in [9.17, 15) is 4.79 Å². The SMILES string of the molecule is O=C(CCNc1ccccc1Oc1ccccc1)N1CCc2ccccc2C1. The second-order valence-electron chi connectivity index (χ2n) is 6.92. The predicted octanol–water partition coefficient (Wildman–Crippen LogP) is 4.87. The molecule has 4 nitrogen and oxygen atoms in total. The van der Waals surface area contributed by atoms with Crippen LogP contribution in [0, 0.1) is 0 Å². The fraction of sp³-hybridized carbons (Fsp3) is 0.208. The van der Waals surface area contributed by atoms with Gasteiger partial charge in [0.25, 0.3) is 0 Å². The average Bonchev–Trinajstić information content (AvgIpc) is 2.75. The summed E-state index contributed by atoms with van der Waals surface area (Å²) in [5.41, 5.74) is 3.51. The van der Waals surface area contributed by atoms with E-state index in [-0.39, 0.29) is 5.91 Å². The third-order valence-electron chi connectivity index (χ3n) is 5.00. The molecule has 1 aliphatic rings. The van der Waals surface area contributed by atoms with Crippen molar-refractivity contribution in [3.05, 3.63) is 90.0 Å². The molecule has 0 bridgehead atoms. The molecule has 0 aliphatic carbocycles. The Balaban J connectivity index is 1.33. The van der Waals surface area contributed by atoms with E-state index in [1.807, 2.05) is 65.6 Å². The molecule has 1 amide bonds. The Kier molecular flexibility index (Phi) is 5.57. The summed E-state index contributed by atoms with van der Waals surface area (Å²) >= 11 is 0. The molecular formula is C24H24N2O2. The highest BCUT2D eigenvalue weighted by Gasteiger charge is 2.19. The standard InChI is InChI=1S/C24H24N2O2/c27-24(26-17-15-19-8-4-5-9-20(19)18-26)14-16-25-22-12-6-7-13-23(22)28-21-10-2-1-3-11-21/h1-13,25H,14-18H2. The van der Waals surface area contributed by atoms with Crippen LogP contribution in [0.2, 0.25) is 0 Å². The summed E-state index contributed by atoms with van der Waals surface area (Å²) in [6.45, 7) is 2.08. The van der Waals surface area contributed by atoms with Crippen LogP contribution < -0.4 is 10.1 Å². The smallest absolute Gasteiger partial charge is 0.224 e. The molecule has 3 aromatic carbocycles. The summed E-state index contributed by atoms with van der Waals surface area (Å²) in [7, 11) is 0. The Labute approximate surface area is 165 Å². The summed E-state index contributed by atoms with van der Waals surface area (Å²) < 4.78 is 5.96. The van der Waals surface area contributed by atoms with Gasteiger partial charge in [-0.05, 0) is 41.8 Å². The Morgan fingerprint density at radius 3 is 2.46 bits per heavy atom. The summed E-state index contributed by atoms with van der Waals surface area (Å²) in [4.78, 5) is 14.6. The summed E-state index contributed by atoms with van der Waals surface area (Å²) in [5.74, 6) is 1.73. The maximum Gasteiger partial charge on any atom is 0.224 e. The van der Waals surface area contributed by atoms with Crippen LogP contribution in [0.3, 0.4) is 0 Å². The monoisotopic (exact) mass is 372 g/mol. The van der Waals surface area contributed by atoms with E-state index >= 15 is 0 Å². The van der Waals surface area contributed by atoms with Crippen LogP contribution in [0.4, 0.5) is 5.69 Å². The molecule has 0 unspecified atom stereocenters. The molecule has 1 N–H and O–H groups in total. The van der Waals surface area contributed by atoms with Gasteiger partial charge in [-0.2, -0.15) is 0 Å². The molecule has 4 rings (SSSR count). The molecule has 1 aliphatic heterocycles. The number of hydrogen-bond donors (Lipinski definition) is 1. The number of anilines is 1. The largest absolute Gasteiger partial charge is 0.455 e. The van der Waals surface area contributed by atoms with Gasteiger partial charge in [0.15, 0.2) is 5.75 Å². The van der Waals surface area contributed by atoms with Gasteiger partial charge in [-0.3, -0.25) is 4.79 Å². The maximum absolute atomic E-state index is 12.6. The van der Waals surface area contributed by atoms with Gasteiger partial charge >= 0.3 is 0 Å². The molecule has 0 saturated heterocycles. The summed E-state index contributed by atoms with van der Waals surface area (Å²) in [6.07, 6.45) is 1.39. The van der Waals surface area contributed by atoms with E-state index < -0.39 is 0 Å². The Hall–Kier alpha value is -3.27. The van der Waals surface area contributed by atoms with Crippen molar-refractivity contribution in [2.45, 2.75) is 19.4 Å². The normalized spacial score (nSPS) is 12.9. The number of benzene rings is 3. The van der Waals surface area contributed by atoms with Crippen LogP contribution in [0.5, 0.6) is 11.5 Å². The van der Waals surface area contributed by atoms with Crippen molar-refractivity contribution in [3.63, 3.8) is 0 Å². The number of rotatable bonds is 6. The molecule has 0 atom stereocenters. The van der Waals surface area contributed by atoms with Crippen molar-refractivity contribution in [2.75, 3.05) is 18.4 Å². The number of para-hydroxylation sites is 3. The zero-order valence-corrected chi connectivity index (χ0v) is 15.8. The molecule has 0 fully saturated rings. The topological polar surface area (TPSA) is 41.6 Å². The number of ether oxygens (including phenoxy) is 1. The van der Waals surface area contributed by atoms with E-state index in [1.54, 1.807) is 0 Å². The molecule has 0 aromatic heterocycles. The highest BCUT2D eigenvalue weighted by Crippen LogP contribution is 2.29. The lowest BCUT2D eigenvalue weighted by Gasteiger charge is -2.29.